The van der Waals surface area contributed by atoms with Crippen LogP contribution in [0.5, 0.6) is 0 Å². The second-order valence-corrected chi connectivity index (χ2v) is 6.81. The Morgan fingerprint density at radius 2 is 2.22 bits per heavy atom. The van der Waals surface area contributed by atoms with Gasteiger partial charge in [0, 0.05) is 50.9 Å². The van der Waals surface area contributed by atoms with E-state index >= 15 is 0 Å². The maximum Gasteiger partial charge on any atom is 0.227 e. The van der Waals surface area contributed by atoms with Gasteiger partial charge in [-0.25, -0.2) is 0 Å². The lowest BCUT2D eigenvalue weighted by Crippen LogP contribution is -2.31. The van der Waals surface area contributed by atoms with Crippen LogP contribution in [0.4, 0.5) is 5.69 Å². The Labute approximate surface area is 135 Å². The molecule has 0 aromatic carbocycles. The molecular weight excluding hydrogens is 290 g/mol. The molecule has 2 aromatic rings. The Balaban J connectivity index is 1.45. The first kappa shape index (κ1) is 14.4. The maximum atomic E-state index is 12.5. The summed E-state index contributed by atoms with van der Waals surface area (Å²) >= 11 is 0. The van der Waals surface area contributed by atoms with Crippen LogP contribution in [0.3, 0.4) is 0 Å². The lowest BCUT2D eigenvalue weighted by Gasteiger charge is -2.23. The molecule has 120 valence electrons. The van der Waals surface area contributed by atoms with E-state index in [1.54, 1.807) is 10.9 Å². The fraction of sp³-hybridized carbons (Fsp3) is 0.471. The number of carbonyl (C=O) groups excluding carboxylic acids is 1. The van der Waals surface area contributed by atoms with Gasteiger partial charge in [0.25, 0.3) is 0 Å². The van der Waals surface area contributed by atoms with Crippen molar-refractivity contribution in [3.63, 3.8) is 0 Å². The highest BCUT2D eigenvalue weighted by molar-refractivity contribution is 5.96. The molecule has 0 bridgehead atoms. The number of pyridine rings is 1. The number of carbonyl (C=O) groups is 1. The highest BCUT2D eigenvalue weighted by Crippen LogP contribution is 2.41. The van der Waals surface area contributed by atoms with Gasteiger partial charge in [-0.05, 0) is 25.1 Å². The minimum absolute atomic E-state index is 0.0850. The molecule has 2 fully saturated rings. The molecule has 2 aliphatic heterocycles. The number of hydrogen-bond acceptors (Lipinski definition) is 4. The van der Waals surface area contributed by atoms with Crippen LogP contribution >= 0.6 is 0 Å². The van der Waals surface area contributed by atoms with Crippen molar-refractivity contribution in [1.82, 2.24) is 19.7 Å². The van der Waals surface area contributed by atoms with Crippen molar-refractivity contribution >= 4 is 11.6 Å². The van der Waals surface area contributed by atoms with E-state index < -0.39 is 0 Å². The Morgan fingerprint density at radius 1 is 1.30 bits per heavy atom. The first-order chi connectivity index (χ1) is 11.1. The number of nitrogens with zero attached hydrogens (tertiary/aromatic N) is 5. The van der Waals surface area contributed by atoms with Crippen LogP contribution in [0.15, 0.2) is 36.8 Å². The van der Waals surface area contributed by atoms with Crippen molar-refractivity contribution in [1.29, 1.82) is 0 Å². The van der Waals surface area contributed by atoms with Gasteiger partial charge in [0.05, 0.1) is 17.6 Å². The minimum atomic E-state index is 0.0850. The normalized spacial score (nSPS) is 24.9. The second-order valence-electron chi connectivity index (χ2n) is 6.81. The standard InChI is InChI=1S/C17H21N5O/c1-20-11-15(9-19-20)22-13-17(8-16(22)23)5-7-21(12-17)10-14-4-2-3-6-18-14/h2-4,6,9,11H,5,7-8,10,12-13H2,1H3. The average molecular weight is 311 g/mol. The summed E-state index contributed by atoms with van der Waals surface area (Å²) in [7, 11) is 1.88. The Kier molecular flexibility index (Phi) is 3.41. The summed E-state index contributed by atoms with van der Waals surface area (Å²) in [6.45, 7) is 3.66. The van der Waals surface area contributed by atoms with Crippen LogP contribution in [0, 0.1) is 5.41 Å². The van der Waals surface area contributed by atoms with Crippen LogP contribution in [0.2, 0.25) is 0 Å². The zero-order chi connectivity index (χ0) is 15.9. The summed E-state index contributed by atoms with van der Waals surface area (Å²) in [4.78, 5) is 21.2. The maximum absolute atomic E-state index is 12.5. The van der Waals surface area contributed by atoms with E-state index in [0.717, 1.165) is 44.0 Å². The summed E-state index contributed by atoms with van der Waals surface area (Å²) in [5.41, 5.74) is 2.09. The van der Waals surface area contributed by atoms with Gasteiger partial charge in [0.2, 0.25) is 5.91 Å². The highest BCUT2D eigenvalue weighted by atomic mass is 16.2. The molecule has 1 atom stereocenters. The van der Waals surface area contributed by atoms with Crippen LogP contribution in [-0.2, 0) is 18.4 Å². The molecular formula is C17H21N5O. The van der Waals surface area contributed by atoms with E-state index in [-0.39, 0.29) is 11.3 Å². The molecule has 4 heterocycles. The summed E-state index contributed by atoms with van der Waals surface area (Å²) < 4.78 is 1.75. The van der Waals surface area contributed by atoms with Crippen LogP contribution in [0.25, 0.3) is 0 Å². The SMILES string of the molecule is Cn1cc(N2CC3(CCN(Cc4ccccn4)C3)CC2=O)cn1. The van der Waals surface area contributed by atoms with E-state index in [1.165, 1.54) is 0 Å². The monoisotopic (exact) mass is 311 g/mol. The van der Waals surface area contributed by atoms with Crippen molar-refractivity contribution in [2.24, 2.45) is 12.5 Å². The van der Waals surface area contributed by atoms with Gasteiger partial charge in [-0.15, -0.1) is 0 Å². The Bertz CT molecular complexity index is 713. The predicted molar refractivity (Wildman–Crippen MR) is 86.7 cm³/mol. The zero-order valence-corrected chi connectivity index (χ0v) is 13.4. The Hall–Kier alpha value is -2.21. The molecule has 2 aromatic heterocycles. The largest absolute Gasteiger partial charge is 0.309 e. The van der Waals surface area contributed by atoms with Crippen LogP contribution in [-0.4, -0.2) is 45.2 Å². The molecule has 1 unspecified atom stereocenters. The lowest BCUT2D eigenvalue weighted by molar-refractivity contribution is -0.117. The molecule has 6 heteroatoms. The molecule has 2 aliphatic rings. The summed E-state index contributed by atoms with van der Waals surface area (Å²) in [5.74, 6) is 0.220. The van der Waals surface area contributed by atoms with Crippen molar-refractivity contribution in [3.05, 3.63) is 42.5 Å². The zero-order valence-electron chi connectivity index (χ0n) is 13.4. The molecule has 0 N–H and O–H groups in total. The smallest absolute Gasteiger partial charge is 0.227 e. The topological polar surface area (TPSA) is 54.3 Å². The van der Waals surface area contributed by atoms with Gasteiger partial charge in [0.1, 0.15) is 0 Å². The second kappa shape index (κ2) is 5.45. The van der Waals surface area contributed by atoms with Crippen molar-refractivity contribution in [2.75, 3.05) is 24.5 Å². The van der Waals surface area contributed by atoms with Gasteiger partial charge in [0.15, 0.2) is 0 Å². The predicted octanol–water partition coefficient (Wildman–Crippen LogP) is 1.44. The van der Waals surface area contributed by atoms with Crippen molar-refractivity contribution < 1.29 is 4.79 Å². The van der Waals surface area contributed by atoms with Gasteiger partial charge in [-0.1, -0.05) is 6.07 Å². The van der Waals surface area contributed by atoms with E-state index in [0.29, 0.717) is 6.42 Å². The number of anilines is 1. The third-order valence-corrected chi connectivity index (χ3v) is 4.95. The van der Waals surface area contributed by atoms with Crippen LogP contribution in [0.1, 0.15) is 18.5 Å². The van der Waals surface area contributed by atoms with Crippen molar-refractivity contribution in [3.8, 4) is 0 Å². The van der Waals surface area contributed by atoms with Gasteiger partial charge >= 0.3 is 0 Å². The molecule has 4 rings (SSSR count). The number of amides is 1. The molecule has 6 nitrogen and oxygen atoms in total. The first-order valence-corrected chi connectivity index (χ1v) is 8.05. The number of aromatic nitrogens is 3. The van der Waals surface area contributed by atoms with E-state index in [1.807, 2.05) is 36.5 Å². The minimum Gasteiger partial charge on any atom is -0.309 e. The third kappa shape index (κ3) is 2.74. The number of likely N-dealkylation sites (tertiary alicyclic amines) is 1. The molecule has 0 saturated carbocycles. The molecule has 1 spiro atoms. The van der Waals surface area contributed by atoms with Gasteiger partial charge in [-0.2, -0.15) is 5.10 Å². The number of hydrogen-bond donors (Lipinski definition) is 0. The van der Waals surface area contributed by atoms with Crippen molar-refractivity contribution in [2.45, 2.75) is 19.4 Å². The fourth-order valence-corrected chi connectivity index (χ4v) is 3.84. The third-order valence-electron chi connectivity index (χ3n) is 4.95. The average Bonchev–Trinajstić information content (AvgIpc) is 3.21. The van der Waals surface area contributed by atoms with Gasteiger partial charge < -0.3 is 4.90 Å². The molecule has 23 heavy (non-hydrogen) atoms. The van der Waals surface area contributed by atoms with E-state index in [2.05, 4.69) is 21.0 Å². The summed E-state index contributed by atoms with van der Waals surface area (Å²) in [6, 6.07) is 6.03. The quantitative estimate of drug-likeness (QED) is 0.861. The van der Waals surface area contributed by atoms with Crippen LogP contribution < -0.4 is 4.90 Å². The highest BCUT2D eigenvalue weighted by Gasteiger charge is 2.47. The molecule has 2 saturated heterocycles. The molecule has 1 amide bonds. The Morgan fingerprint density at radius 3 is 2.96 bits per heavy atom. The summed E-state index contributed by atoms with van der Waals surface area (Å²) in [5, 5.41) is 4.19. The fourth-order valence-electron chi connectivity index (χ4n) is 3.84. The molecule has 0 aliphatic carbocycles. The summed E-state index contributed by atoms with van der Waals surface area (Å²) in [6.07, 6.45) is 7.24. The number of aryl methyl sites for hydroxylation is 1. The lowest BCUT2D eigenvalue weighted by atomic mass is 9.86. The van der Waals surface area contributed by atoms with E-state index in [9.17, 15) is 4.79 Å². The van der Waals surface area contributed by atoms with Gasteiger partial charge in [-0.3, -0.25) is 19.4 Å². The first-order valence-electron chi connectivity index (χ1n) is 8.05. The van der Waals surface area contributed by atoms with E-state index in [4.69, 9.17) is 0 Å². The molecule has 0 radical (unpaired) electrons. The number of rotatable bonds is 3.